The summed E-state index contributed by atoms with van der Waals surface area (Å²) in [5, 5.41) is 8.62. The second kappa shape index (κ2) is 3.08. The lowest BCUT2D eigenvalue weighted by molar-refractivity contribution is -0.110. The maximum absolute atomic E-state index is 9.84. The minimum atomic E-state index is -4.31. The van der Waals surface area contributed by atoms with Crippen molar-refractivity contribution < 1.29 is 18.2 Å². The molecule has 0 saturated carbocycles. The molecule has 3 N–H and O–H groups in total. The Morgan fingerprint density at radius 3 is 2.22 bits per heavy atom. The highest BCUT2D eigenvalue weighted by molar-refractivity contribution is 7.83. The third-order valence-corrected chi connectivity index (χ3v) is 0.962. The Hall–Kier alpha value is -0.210. The van der Waals surface area contributed by atoms with E-state index in [1.165, 1.54) is 11.8 Å². The maximum atomic E-state index is 9.84. The van der Waals surface area contributed by atoms with Crippen LogP contribution < -0.4 is 4.83 Å². The molecule has 0 unspecified atom stereocenters. The van der Waals surface area contributed by atoms with Crippen LogP contribution in [0.5, 0.6) is 0 Å². The van der Waals surface area contributed by atoms with Crippen molar-refractivity contribution in [1.29, 1.82) is 0 Å². The lowest BCUT2D eigenvalue weighted by Crippen LogP contribution is -2.38. The smallest absolute Gasteiger partial charge is 0.298 e. The molecule has 0 aliphatic rings. The van der Waals surface area contributed by atoms with Crippen LogP contribution in [-0.4, -0.2) is 29.9 Å². The van der Waals surface area contributed by atoms with Crippen LogP contribution in [0.25, 0.3) is 0 Å². The number of hydrogen-bond donors (Lipinski definition) is 3. The largest absolute Gasteiger partial charge is 0.348 e. The van der Waals surface area contributed by atoms with Crippen molar-refractivity contribution in [2.24, 2.45) is 0 Å². The fraction of sp³-hybridized carbons (Fsp3) is 1.00. The summed E-state index contributed by atoms with van der Waals surface area (Å²) < 4.78 is 27.7. The van der Waals surface area contributed by atoms with E-state index in [0.29, 0.717) is 0 Å². The van der Waals surface area contributed by atoms with E-state index in [0.717, 1.165) is 0 Å². The van der Waals surface area contributed by atoms with Gasteiger partial charge in [-0.25, -0.2) is 0 Å². The molecule has 7 heteroatoms. The maximum Gasteiger partial charge on any atom is 0.348 e. The highest BCUT2D eigenvalue weighted by atomic mass is 32.2. The molecular formula is C2H8N2O4S. The summed E-state index contributed by atoms with van der Waals surface area (Å²) in [6.45, 7) is 1.55. The number of hydrogen-bond acceptors (Lipinski definition) is 4. The number of nitrogens with one attached hydrogen (secondary N) is 1. The molecule has 0 amide bonds. The van der Waals surface area contributed by atoms with Crippen molar-refractivity contribution in [3.05, 3.63) is 0 Å². The van der Waals surface area contributed by atoms with Crippen molar-refractivity contribution in [3.8, 4) is 0 Å². The van der Waals surface area contributed by atoms with Gasteiger partial charge in [0, 0.05) is 6.54 Å². The van der Waals surface area contributed by atoms with Crippen LogP contribution in [0.4, 0.5) is 0 Å². The van der Waals surface area contributed by atoms with Crippen molar-refractivity contribution in [1.82, 2.24) is 10.0 Å². The lowest BCUT2D eigenvalue weighted by atomic mass is 10.8. The van der Waals surface area contributed by atoms with E-state index in [2.05, 4.69) is 0 Å². The van der Waals surface area contributed by atoms with Gasteiger partial charge in [0.2, 0.25) is 0 Å². The van der Waals surface area contributed by atoms with E-state index in [1.54, 1.807) is 0 Å². The first kappa shape index (κ1) is 8.79. The van der Waals surface area contributed by atoms with E-state index in [9.17, 15) is 8.42 Å². The van der Waals surface area contributed by atoms with E-state index in [-0.39, 0.29) is 11.7 Å². The standard InChI is InChI=1S/C2H8N2O4S/c1-2-4(5)3-9(6,7)8/h3,5H,2H2,1H3,(H,6,7,8). The molecule has 0 bridgehead atoms. The second-order valence-corrected chi connectivity index (χ2v) is 2.41. The molecular weight excluding hydrogens is 148 g/mol. The summed E-state index contributed by atoms with van der Waals surface area (Å²) in [5.41, 5.74) is 0. The van der Waals surface area contributed by atoms with Crippen LogP contribution in [0, 0.1) is 0 Å². The zero-order chi connectivity index (χ0) is 7.49. The van der Waals surface area contributed by atoms with Gasteiger partial charge in [-0.1, -0.05) is 0 Å². The normalized spacial score (nSPS) is 12.4. The second-order valence-electron chi connectivity index (χ2n) is 1.28. The lowest BCUT2D eigenvalue weighted by Gasteiger charge is -2.08. The Morgan fingerprint density at radius 2 is 2.11 bits per heavy atom. The number of rotatable bonds is 3. The predicted molar refractivity (Wildman–Crippen MR) is 28.9 cm³/mol. The number of hydroxylamine groups is 1. The van der Waals surface area contributed by atoms with Crippen LogP contribution in [0.1, 0.15) is 6.92 Å². The van der Waals surface area contributed by atoms with E-state index in [4.69, 9.17) is 9.76 Å². The summed E-state index contributed by atoms with van der Waals surface area (Å²) in [7, 11) is -4.31. The zero-order valence-electron chi connectivity index (χ0n) is 4.77. The monoisotopic (exact) mass is 156 g/mol. The Labute approximate surface area is 52.9 Å². The molecule has 0 aromatic rings. The molecule has 0 aromatic heterocycles. The highest BCUT2D eigenvalue weighted by Crippen LogP contribution is 1.76. The van der Waals surface area contributed by atoms with Gasteiger partial charge >= 0.3 is 10.3 Å². The van der Waals surface area contributed by atoms with E-state index < -0.39 is 10.3 Å². The highest BCUT2D eigenvalue weighted by Gasteiger charge is 2.05. The number of hydrazine groups is 1. The number of nitrogens with zero attached hydrogens (tertiary/aromatic N) is 1. The molecule has 0 aliphatic carbocycles. The van der Waals surface area contributed by atoms with Gasteiger partial charge in [-0.15, -0.1) is 10.0 Å². The Balaban J connectivity index is 3.75. The average Bonchev–Trinajstić information content (AvgIpc) is 1.62. The molecule has 0 rings (SSSR count). The van der Waals surface area contributed by atoms with Gasteiger partial charge in [-0.3, -0.25) is 9.76 Å². The minimum absolute atomic E-state index is 0.0553. The fourth-order valence-corrected chi connectivity index (χ4v) is 0.593. The van der Waals surface area contributed by atoms with Crippen molar-refractivity contribution >= 4 is 10.3 Å². The van der Waals surface area contributed by atoms with Gasteiger partial charge in [-0.05, 0) is 6.92 Å². The molecule has 0 aromatic carbocycles. The summed E-state index contributed by atoms with van der Waals surface area (Å²) in [6.07, 6.45) is 0. The topological polar surface area (TPSA) is 89.9 Å². The Morgan fingerprint density at radius 1 is 1.67 bits per heavy atom. The zero-order valence-corrected chi connectivity index (χ0v) is 5.59. The van der Waals surface area contributed by atoms with E-state index >= 15 is 0 Å². The van der Waals surface area contributed by atoms with Crippen LogP contribution in [0.3, 0.4) is 0 Å². The molecule has 9 heavy (non-hydrogen) atoms. The molecule has 0 heterocycles. The van der Waals surface area contributed by atoms with Crippen molar-refractivity contribution in [3.63, 3.8) is 0 Å². The third-order valence-electron chi connectivity index (χ3n) is 0.520. The van der Waals surface area contributed by atoms with Crippen LogP contribution in [0.2, 0.25) is 0 Å². The van der Waals surface area contributed by atoms with E-state index in [1.807, 2.05) is 0 Å². The van der Waals surface area contributed by atoms with Crippen molar-refractivity contribution in [2.75, 3.05) is 6.54 Å². The molecule has 0 saturated heterocycles. The average molecular weight is 156 g/mol. The third kappa shape index (κ3) is 5.66. The molecule has 0 atom stereocenters. The van der Waals surface area contributed by atoms with Crippen LogP contribution >= 0.6 is 0 Å². The van der Waals surface area contributed by atoms with Crippen LogP contribution in [0.15, 0.2) is 0 Å². The molecule has 0 aliphatic heterocycles. The quantitative estimate of drug-likeness (QED) is 0.360. The first-order valence-electron chi connectivity index (χ1n) is 2.17. The minimum Gasteiger partial charge on any atom is -0.298 e. The van der Waals surface area contributed by atoms with Gasteiger partial charge in [-0.2, -0.15) is 8.42 Å². The summed E-state index contributed by atoms with van der Waals surface area (Å²) in [4.78, 5) is 1.39. The summed E-state index contributed by atoms with van der Waals surface area (Å²) in [6, 6.07) is 0. The van der Waals surface area contributed by atoms with Gasteiger partial charge in [0.05, 0.1) is 0 Å². The van der Waals surface area contributed by atoms with Gasteiger partial charge in [0.1, 0.15) is 0 Å². The fourth-order valence-electron chi connectivity index (χ4n) is 0.198. The molecule has 0 fully saturated rings. The van der Waals surface area contributed by atoms with Crippen molar-refractivity contribution in [2.45, 2.75) is 6.92 Å². The molecule has 56 valence electrons. The summed E-state index contributed by atoms with van der Waals surface area (Å²) in [5.74, 6) is 0. The molecule has 6 nitrogen and oxygen atoms in total. The SMILES string of the molecule is CCN(O)NS(=O)(=O)O. The van der Waals surface area contributed by atoms with Gasteiger partial charge < -0.3 is 0 Å². The summed E-state index contributed by atoms with van der Waals surface area (Å²) >= 11 is 0. The molecule has 0 spiro atoms. The predicted octanol–water partition coefficient (Wildman–Crippen LogP) is -0.995. The van der Waals surface area contributed by atoms with Gasteiger partial charge in [0.15, 0.2) is 0 Å². The Bertz CT molecular complexity index is 163. The Kier molecular flexibility index (Phi) is 3.01. The molecule has 0 radical (unpaired) electrons. The first-order chi connectivity index (χ1) is 3.95. The van der Waals surface area contributed by atoms with Crippen LogP contribution in [-0.2, 0) is 10.3 Å². The van der Waals surface area contributed by atoms with Gasteiger partial charge in [0.25, 0.3) is 0 Å². The first-order valence-corrected chi connectivity index (χ1v) is 3.61.